The number of aliphatic carboxylic acids is 1. The average molecular weight is 1210 g/mol. The smallest absolute Gasteiger partial charge is 0.323 e. The Morgan fingerprint density at radius 3 is 1.81 bits per heavy atom. The first-order chi connectivity index (χ1) is 40.7. The molecule has 3 aromatic rings. The molecule has 11 atom stereocenters. The summed E-state index contributed by atoms with van der Waals surface area (Å²) in [5.74, 6) is -10.1. The van der Waals surface area contributed by atoms with E-state index in [1.807, 2.05) is 24.3 Å². The second kappa shape index (κ2) is 34.1. The number of aliphatic imine (C=N–C) groups is 2. The quantitative estimate of drug-likeness (QED) is 0.0148. The number of carboxylic acid groups (broad SMARTS) is 1. The van der Waals surface area contributed by atoms with Gasteiger partial charge in [-0.2, -0.15) is 0 Å². The molecule has 1 aromatic heterocycles. The summed E-state index contributed by atoms with van der Waals surface area (Å²) in [6.07, 6.45) is 1.16. The summed E-state index contributed by atoms with van der Waals surface area (Å²) in [6, 6.07) is 0.953. The summed E-state index contributed by atoms with van der Waals surface area (Å²) < 4.78 is 0. The van der Waals surface area contributed by atoms with Gasteiger partial charge in [0.25, 0.3) is 0 Å². The van der Waals surface area contributed by atoms with E-state index in [1.54, 1.807) is 32.0 Å². The largest absolute Gasteiger partial charge is 0.480 e. The number of fused-ring (bicyclic) bond motifs is 1. The van der Waals surface area contributed by atoms with Crippen molar-refractivity contribution in [1.82, 2.24) is 57.4 Å². The lowest BCUT2D eigenvalue weighted by Gasteiger charge is -2.31. The lowest BCUT2D eigenvalue weighted by molar-refractivity contribution is -0.147. The zero-order chi connectivity index (χ0) is 63.8. The standard InChI is InChI=1S/C55H84N18O13/c1-6-28(2)43(53(86)73(26-42(77)78)35-18-19-35)70-48(81)38(17-11-21-63-55(59)60)67-41(76)25-64-51(84)44(30(4)74)72-52(85)45(31(5)75)71-50(83)40(23-34-24-61-27-65-34)69-49(82)39(22-33-14-9-13-32-12-7-8-15-36(32)33)68-46(79)29(3)66-47(80)37(56)16-10-20-62-54(57)58/h7-9,12-15,24,27-31,35,37-40,43-45,74-75H,6,10-11,16-23,25-26,56H2,1-5H3,(H,61,65)(H,64,84)(H,66,80)(H,67,76)(H,68,79)(H,69,82)(H,70,81)(H,71,83)(H,72,85)(H,77,78)(H4,57,58,62)(H4,59,60,63)/t28?,29-,30+,31+,37-,38+,39-,40-,43-,44-,45-/m0/s1. The first kappa shape index (κ1) is 69.5. The molecule has 0 radical (unpaired) electrons. The Morgan fingerprint density at radius 2 is 1.22 bits per heavy atom. The number of imidazole rings is 1. The third kappa shape index (κ3) is 22.6. The first-order valence-corrected chi connectivity index (χ1v) is 28.3. The molecule has 0 aliphatic heterocycles. The second-order valence-electron chi connectivity index (χ2n) is 21.2. The fourth-order valence-corrected chi connectivity index (χ4v) is 8.97. The first-order valence-electron chi connectivity index (χ1n) is 28.3. The zero-order valence-electron chi connectivity index (χ0n) is 48.9. The van der Waals surface area contributed by atoms with Crippen LogP contribution in [0.1, 0.15) is 90.8 Å². The third-order valence-corrected chi connectivity index (χ3v) is 14.1. The summed E-state index contributed by atoms with van der Waals surface area (Å²) in [5.41, 5.74) is 28.7. The minimum absolute atomic E-state index is 0.0437. The lowest BCUT2D eigenvalue weighted by atomic mass is 9.96. The van der Waals surface area contributed by atoms with Crippen LogP contribution in [0.3, 0.4) is 0 Å². The van der Waals surface area contributed by atoms with Gasteiger partial charge in [-0.1, -0.05) is 62.7 Å². The molecule has 31 heteroatoms. The van der Waals surface area contributed by atoms with Gasteiger partial charge in [-0.05, 0) is 81.5 Å². The van der Waals surface area contributed by atoms with Crippen LogP contribution in [0.4, 0.5) is 0 Å². The summed E-state index contributed by atoms with van der Waals surface area (Å²) >= 11 is 0. The monoisotopic (exact) mass is 1200 g/mol. The Bertz CT molecular complexity index is 2870. The van der Waals surface area contributed by atoms with Crippen LogP contribution in [0.15, 0.2) is 65.0 Å². The van der Waals surface area contributed by atoms with Gasteiger partial charge in [0.1, 0.15) is 48.8 Å². The number of carboxylic acids is 1. The van der Waals surface area contributed by atoms with E-state index in [2.05, 4.69) is 62.5 Å². The van der Waals surface area contributed by atoms with Crippen molar-refractivity contribution in [2.45, 2.75) is 159 Å². The Hall–Kier alpha value is -8.97. The number of aromatic nitrogens is 2. The molecule has 0 bridgehead atoms. The maximum atomic E-state index is 14.6. The van der Waals surface area contributed by atoms with Crippen molar-refractivity contribution in [2.24, 2.45) is 44.6 Å². The highest BCUT2D eigenvalue weighted by Crippen LogP contribution is 2.28. The molecular weight excluding hydrogens is 1120 g/mol. The fraction of sp³-hybridized carbons (Fsp3) is 0.545. The Kier molecular flexibility index (Phi) is 27.6. The van der Waals surface area contributed by atoms with Gasteiger partial charge in [0.05, 0.1) is 31.1 Å². The van der Waals surface area contributed by atoms with Crippen LogP contribution in [0, 0.1) is 5.92 Å². The molecule has 31 nitrogen and oxygen atoms in total. The predicted molar refractivity (Wildman–Crippen MR) is 315 cm³/mol. The number of nitrogens with zero attached hydrogens (tertiary/aromatic N) is 4. The molecule has 2 aromatic carbocycles. The van der Waals surface area contributed by atoms with Gasteiger partial charge < -0.3 is 96.4 Å². The number of hydrogen-bond acceptors (Lipinski definition) is 16. The maximum Gasteiger partial charge on any atom is 0.323 e. The number of hydrogen-bond donors (Lipinski definition) is 17. The molecule has 1 aliphatic carbocycles. The summed E-state index contributed by atoms with van der Waals surface area (Å²) in [6.45, 7) is 6.02. The SMILES string of the molecule is CCC(C)[C@H](NC(=O)[C@@H](CCCN=C(N)N)NC(=O)CNC(=O)[C@@H](NC(=O)[C@@H](NC(=O)[C@H](Cc1cnc[nH]1)NC(=O)[C@H](Cc1cccc2ccccc12)NC(=O)[C@H](C)NC(=O)[C@@H](N)CCCN=C(N)N)[C@@H](C)O)[C@@H](C)O)C(=O)N(CC(=O)O)C1CC1. The molecule has 472 valence electrons. The molecule has 4 rings (SSSR count). The van der Waals surface area contributed by atoms with Crippen LogP contribution >= 0.6 is 0 Å². The number of carbonyl (C=O) groups is 10. The highest BCUT2D eigenvalue weighted by molar-refractivity contribution is 5.99. The van der Waals surface area contributed by atoms with Crippen molar-refractivity contribution < 1.29 is 63.3 Å². The molecule has 0 spiro atoms. The topological polar surface area (TPSA) is 514 Å². The van der Waals surface area contributed by atoms with Crippen molar-refractivity contribution in [1.29, 1.82) is 0 Å². The molecule has 22 N–H and O–H groups in total. The van der Waals surface area contributed by atoms with E-state index in [9.17, 15) is 63.3 Å². The number of nitrogens with one attached hydrogen (secondary N) is 9. The third-order valence-electron chi connectivity index (χ3n) is 14.1. The number of amides is 9. The van der Waals surface area contributed by atoms with Crippen LogP contribution in [0.25, 0.3) is 10.8 Å². The minimum atomic E-state index is -1.86. The average Bonchev–Trinajstić information content (AvgIpc) is 2.35. The van der Waals surface area contributed by atoms with Gasteiger partial charge >= 0.3 is 5.97 Å². The normalized spacial score (nSPS) is 15.8. The predicted octanol–water partition coefficient (Wildman–Crippen LogP) is -4.80. The molecule has 1 fully saturated rings. The molecule has 1 aliphatic rings. The number of aromatic amines is 1. The van der Waals surface area contributed by atoms with Gasteiger partial charge in [-0.25, -0.2) is 4.98 Å². The maximum absolute atomic E-state index is 14.6. The zero-order valence-corrected chi connectivity index (χ0v) is 48.9. The molecule has 1 unspecified atom stereocenters. The highest BCUT2D eigenvalue weighted by Gasteiger charge is 2.41. The second-order valence-corrected chi connectivity index (χ2v) is 21.2. The summed E-state index contributed by atoms with van der Waals surface area (Å²) in [4.78, 5) is 152. The Balaban J connectivity index is 1.51. The van der Waals surface area contributed by atoms with Crippen molar-refractivity contribution in [3.8, 4) is 0 Å². The van der Waals surface area contributed by atoms with Crippen molar-refractivity contribution in [3.63, 3.8) is 0 Å². The fourth-order valence-electron chi connectivity index (χ4n) is 8.97. The molecular formula is C55H84N18O13. The van der Waals surface area contributed by atoms with E-state index in [0.717, 1.165) is 24.6 Å². The lowest BCUT2D eigenvalue weighted by Crippen LogP contribution is -2.63. The number of benzene rings is 2. The van der Waals surface area contributed by atoms with E-state index in [0.29, 0.717) is 36.9 Å². The van der Waals surface area contributed by atoms with Crippen LogP contribution in [0.2, 0.25) is 0 Å². The summed E-state index contributed by atoms with van der Waals surface area (Å²) in [7, 11) is 0. The number of rotatable bonds is 36. The van der Waals surface area contributed by atoms with E-state index in [-0.39, 0.29) is 63.2 Å². The van der Waals surface area contributed by atoms with Gasteiger partial charge in [0.2, 0.25) is 53.2 Å². The Labute approximate surface area is 497 Å². The van der Waals surface area contributed by atoms with Gasteiger partial charge in [-0.3, -0.25) is 57.9 Å². The van der Waals surface area contributed by atoms with Crippen molar-refractivity contribution in [3.05, 3.63) is 66.2 Å². The number of aliphatic hydroxyl groups is 2. The number of H-pyrrole nitrogens is 1. The number of aliphatic hydroxyl groups excluding tert-OH is 2. The number of carbonyl (C=O) groups excluding carboxylic acids is 9. The number of nitrogens with two attached hydrogens (primary N) is 5. The van der Waals surface area contributed by atoms with Crippen molar-refractivity contribution >= 4 is 81.8 Å². The van der Waals surface area contributed by atoms with E-state index in [4.69, 9.17) is 28.7 Å². The molecule has 0 saturated heterocycles. The van der Waals surface area contributed by atoms with Gasteiger partial charge in [-0.15, -0.1) is 0 Å². The van der Waals surface area contributed by atoms with E-state index < -0.39 is 139 Å². The van der Waals surface area contributed by atoms with Crippen LogP contribution < -0.4 is 71.2 Å². The minimum Gasteiger partial charge on any atom is -0.480 e. The molecule has 1 heterocycles. The van der Waals surface area contributed by atoms with Gasteiger partial charge in [0, 0.05) is 43.9 Å². The molecule has 1 saturated carbocycles. The van der Waals surface area contributed by atoms with E-state index >= 15 is 0 Å². The van der Waals surface area contributed by atoms with Crippen LogP contribution in [-0.2, 0) is 60.8 Å². The highest BCUT2D eigenvalue weighted by atomic mass is 16.4. The van der Waals surface area contributed by atoms with E-state index in [1.165, 1.54) is 24.3 Å². The van der Waals surface area contributed by atoms with Gasteiger partial charge in [0.15, 0.2) is 11.9 Å². The van der Waals surface area contributed by atoms with Crippen molar-refractivity contribution in [2.75, 3.05) is 26.2 Å². The number of guanidine groups is 2. The molecule has 9 amide bonds. The summed E-state index contributed by atoms with van der Waals surface area (Å²) in [5, 5.41) is 52.9. The Morgan fingerprint density at radius 1 is 0.663 bits per heavy atom. The van der Waals surface area contributed by atoms with Crippen LogP contribution in [0.5, 0.6) is 0 Å². The van der Waals surface area contributed by atoms with Crippen LogP contribution in [-0.4, -0.2) is 194 Å². The molecule has 86 heavy (non-hydrogen) atoms.